The summed E-state index contributed by atoms with van der Waals surface area (Å²) in [6.07, 6.45) is 8.66. The van der Waals surface area contributed by atoms with Gasteiger partial charge in [0, 0.05) is 32.5 Å². The molecule has 8 nitrogen and oxygen atoms in total. The summed E-state index contributed by atoms with van der Waals surface area (Å²) in [7, 11) is 2.00. The van der Waals surface area contributed by atoms with Crippen LogP contribution in [0, 0.1) is 5.92 Å². The third-order valence-electron chi connectivity index (χ3n) is 5.18. The predicted molar refractivity (Wildman–Crippen MR) is 111 cm³/mol. The number of primary amides is 1. The molecule has 3 N–H and O–H groups in total. The summed E-state index contributed by atoms with van der Waals surface area (Å²) < 4.78 is 2.05. The fourth-order valence-corrected chi connectivity index (χ4v) is 3.47. The number of rotatable bonds is 8. The highest BCUT2D eigenvalue weighted by Gasteiger charge is 2.21. The van der Waals surface area contributed by atoms with Gasteiger partial charge >= 0.3 is 0 Å². The zero-order chi connectivity index (χ0) is 20.1. The first-order valence-electron chi connectivity index (χ1n) is 9.41. The van der Waals surface area contributed by atoms with Crippen molar-refractivity contribution in [3.63, 3.8) is 0 Å². The standard InChI is InChI=1S/C20H27N7O/c1-4-16-17(5-2)26(3)18(25-16)13-22-10-14-6-8-27(9-7-14)20-23-11-15(12-24-20)19(21)28/h4-5,11-12,14,22H,1-2,6-10,13H2,3H3,(H2,21,28). The molecule has 1 saturated heterocycles. The Morgan fingerprint density at radius 2 is 1.96 bits per heavy atom. The molecule has 0 spiro atoms. The summed E-state index contributed by atoms with van der Waals surface area (Å²) in [6, 6.07) is 0. The van der Waals surface area contributed by atoms with Crippen LogP contribution in [0.2, 0.25) is 0 Å². The van der Waals surface area contributed by atoms with Crippen molar-refractivity contribution in [1.82, 2.24) is 24.8 Å². The van der Waals surface area contributed by atoms with E-state index in [0.29, 0.717) is 24.0 Å². The van der Waals surface area contributed by atoms with Gasteiger partial charge in [0.2, 0.25) is 5.95 Å². The fourth-order valence-electron chi connectivity index (χ4n) is 3.47. The van der Waals surface area contributed by atoms with E-state index in [4.69, 9.17) is 5.73 Å². The molecule has 8 heteroatoms. The summed E-state index contributed by atoms with van der Waals surface area (Å²) in [5, 5.41) is 3.52. The van der Waals surface area contributed by atoms with Crippen LogP contribution in [0.4, 0.5) is 5.95 Å². The summed E-state index contributed by atoms with van der Waals surface area (Å²) in [4.78, 5) is 26.4. The quantitative estimate of drug-likeness (QED) is 0.720. The van der Waals surface area contributed by atoms with Gasteiger partial charge in [-0.15, -0.1) is 0 Å². The second-order valence-corrected chi connectivity index (χ2v) is 6.96. The van der Waals surface area contributed by atoms with Crippen LogP contribution in [-0.2, 0) is 13.6 Å². The molecule has 2 aromatic rings. The molecule has 28 heavy (non-hydrogen) atoms. The van der Waals surface area contributed by atoms with Gasteiger partial charge in [0.25, 0.3) is 5.91 Å². The smallest absolute Gasteiger partial charge is 0.251 e. The summed E-state index contributed by atoms with van der Waals surface area (Å²) >= 11 is 0. The fraction of sp³-hybridized carbons (Fsp3) is 0.400. The molecule has 2 aromatic heterocycles. The Bertz CT molecular complexity index is 848. The minimum Gasteiger partial charge on any atom is -0.366 e. The molecule has 3 heterocycles. The number of piperidine rings is 1. The molecule has 0 bridgehead atoms. The van der Waals surface area contributed by atoms with Gasteiger partial charge in [0.1, 0.15) is 5.82 Å². The van der Waals surface area contributed by atoms with Crippen molar-refractivity contribution >= 4 is 24.0 Å². The van der Waals surface area contributed by atoms with Crippen LogP contribution in [0.25, 0.3) is 12.2 Å². The molecule has 1 aliphatic heterocycles. The van der Waals surface area contributed by atoms with E-state index in [-0.39, 0.29) is 0 Å². The molecule has 0 unspecified atom stereocenters. The van der Waals surface area contributed by atoms with E-state index < -0.39 is 5.91 Å². The van der Waals surface area contributed by atoms with Crippen LogP contribution in [0.5, 0.6) is 0 Å². The van der Waals surface area contributed by atoms with Crippen LogP contribution in [0.1, 0.15) is 40.4 Å². The van der Waals surface area contributed by atoms with E-state index in [1.807, 2.05) is 11.6 Å². The average Bonchev–Trinajstić information content (AvgIpc) is 3.03. The molecule has 0 saturated carbocycles. The van der Waals surface area contributed by atoms with Gasteiger partial charge in [-0.3, -0.25) is 4.79 Å². The minimum absolute atomic E-state index is 0.330. The summed E-state index contributed by atoms with van der Waals surface area (Å²) in [5.41, 5.74) is 7.41. The van der Waals surface area contributed by atoms with Crippen LogP contribution < -0.4 is 16.0 Å². The lowest BCUT2D eigenvalue weighted by molar-refractivity contribution is 0.0999. The zero-order valence-electron chi connectivity index (χ0n) is 16.3. The summed E-state index contributed by atoms with van der Waals surface area (Å²) in [5.74, 6) is 1.71. The third kappa shape index (κ3) is 4.28. The molecular weight excluding hydrogens is 354 g/mol. The maximum absolute atomic E-state index is 11.1. The van der Waals surface area contributed by atoms with Crippen molar-refractivity contribution in [2.45, 2.75) is 19.4 Å². The van der Waals surface area contributed by atoms with Crippen LogP contribution in [-0.4, -0.2) is 45.1 Å². The second-order valence-electron chi connectivity index (χ2n) is 6.96. The Labute approximate surface area is 165 Å². The van der Waals surface area contributed by atoms with Gasteiger partial charge in [-0.1, -0.05) is 13.2 Å². The Hall–Kier alpha value is -3.00. The molecule has 0 atom stereocenters. The van der Waals surface area contributed by atoms with Gasteiger partial charge in [-0.2, -0.15) is 0 Å². The number of aromatic nitrogens is 4. The van der Waals surface area contributed by atoms with Crippen LogP contribution in [0.15, 0.2) is 25.6 Å². The number of hydrogen-bond donors (Lipinski definition) is 2. The third-order valence-corrected chi connectivity index (χ3v) is 5.18. The number of hydrogen-bond acceptors (Lipinski definition) is 6. The number of carbonyl (C=O) groups is 1. The number of imidazole rings is 1. The monoisotopic (exact) mass is 381 g/mol. The van der Waals surface area contributed by atoms with Gasteiger partial charge in [-0.05, 0) is 37.5 Å². The number of amides is 1. The Kier molecular flexibility index (Phi) is 6.20. The van der Waals surface area contributed by atoms with E-state index in [1.165, 1.54) is 12.4 Å². The maximum atomic E-state index is 11.1. The van der Waals surface area contributed by atoms with Gasteiger partial charge in [0.05, 0.1) is 23.5 Å². The number of nitrogens with two attached hydrogens (primary N) is 1. The largest absolute Gasteiger partial charge is 0.366 e. The average molecular weight is 381 g/mol. The van der Waals surface area contributed by atoms with E-state index in [0.717, 1.165) is 49.7 Å². The predicted octanol–water partition coefficient (Wildman–Crippen LogP) is 1.60. The molecule has 1 aliphatic rings. The van der Waals surface area contributed by atoms with E-state index in [2.05, 4.69) is 38.3 Å². The SMILES string of the molecule is C=Cc1nc(CNCC2CCN(c3ncc(C(N)=O)cn3)CC2)n(C)c1C=C. The summed E-state index contributed by atoms with van der Waals surface area (Å²) in [6.45, 7) is 11.1. The van der Waals surface area contributed by atoms with Crippen molar-refractivity contribution in [2.75, 3.05) is 24.5 Å². The molecule has 148 valence electrons. The molecule has 1 amide bonds. The minimum atomic E-state index is -0.510. The van der Waals surface area contributed by atoms with Crippen molar-refractivity contribution in [3.05, 3.63) is 48.3 Å². The molecule has 3 rings (SSSR count). The Morgan fingerprint density at radius 3 is 2.50 bits per heavy atom. The van der Waals surface area contributed by atoms with Crippen molar-refractivity contribution in [3.8, 4) is 0 Å². The highest BCUT2D eigenvalue weighted by atomic mass is 16.1. The van der Waals surface area contributed by atoms with Crippen LogP contribution in [0.3, 0.4) is 0 Å². The first-order chi connectivity index (χ1) is 13.5. The molecule has 0 radical (unpaired) electrons. The highest BCUT2D eigenvalue weighted by molar-refractivity contribution is 5.92. The Morgan fingerprint density at radius 1 is 1.29 bits per heavy atom. The van der Waals surface area contributed by atoms with E-state index >= 15 is 0 Å². The lowest BCUT2D eigenvalue weighted by atomic mass is 9.97. The lowest BCUT2D eigenvalue weighted by Crippen LogP contribution is -2.38. The molecular formula is C20H27N7O. The maximum Gasteiger partial charge on any atom is 0.251 e. The second kappa shape index (κ2) is 8.79. The van der Waals surface area contributed by atoms with Gasteiger partial charge < -0.3 is 20.5 Å². The zero-order valence-corrected chi connectivity index (χ0v) is 16.3. The first kappa shape index (κ1) is 19.8. The number of carbonyl (C=O) groups excluding carboxylic acids is 1. The lowest BCUT2D eigenvalue weighted by Gasteiger charge is -2.32. The van der Waals surface area contributed by atoms with E-state index in [9.17, 15) is 4.79 Å². The normalized spacial score (nSPS) is 14.8. The van der Waals surface area contributed by atoms with Gasteiger partial charge in [-0.25, -0.2) is 15.0 Å². The van der Waals surface area contributed by atoms with Crippen molar-refractivity contribution in [1.29, 1.82) is 0 Å². The first-order valence-corrected chi connectivity index (χ1v) is 9.41. The Balaban J connectivity index is 1.47. The molecule has 0 aromatic carbocycles. The van der Waals surface area contributed by atoms with Gasteiger partial charge in [0.15, 0.2) is 0 Å². The van der Waals surface area contributed by atoms with E-state index in [1.54, 1.807) is 12.2 Å². The number of nitrogens with one attached hydrogen (secondary N) is 1. The molecule has 1 fully saturated rings. The van der Waals surface area contributed by atoms with Crippen molar-refractivity contribution < 1.29 is 4.79 Å². The highest BCUT2D eigenvalue weighted by Crippen LogP contribution is 2.20. The van der Waals surface area contributed by atoms with Crippen molar-refractivity contribution in [2.24, 2.45) is 18.7 Å². The number of nitrogens with zero attached hydrogens (tertiary/aromatic N) is 5. The molecule has 0 aliphatic carbocycles. The van der Waals surface area contributed by atoms with Crippen LogP contribution >= 0.6 is 0 Å². The topological polar surface area (TPSA) is 102 Å². The number of anilines is 1.